The first-order chi connectivity index (χ1) is 10.4. The van der Waals surface area contributed by atoms with Crippen molar-refractivity contribution in [2.45, 2.75) is 25.4 Å². The lowest BCUT2D eigenvalue weighted by atomic mass is 9.96. The molecule has 1 aliphatic rings. The molecule has 2 rings (SSSR count). The van der Waals surface area contributed by atoms with Gasteiger partial charge in [-0.3, -0.25) is 4.79 Å². The van der Waals surface area contributed by atoms with Crippen molar-refractivity contribution in [1.29, 1.82) is 0 Å². The number of rotatable bonds is 4. The minimum absolute atomic E-state index is 0.320. The maximum Gasteiger partial charge on any atom is 0.419 e. The molecule has 1 heterocycles. The minimum atomic E-state index is -4.81. The third-order valence-corrected chi connectivity index (χ3v) is 3.79. The Morgan fingerprint density at radius 2 is 2.14 bits per heavy atom. The number of carbonyl (C=O) groups is 1. The van der Waals surface area contributed by atoms with Gasteiger partial charge < -0.3 is 10.6 Å². The second kappa shape index (κ2) is 7.09. The monoisotopic (exact) mass is 318 g/mol. The standard InChI is InChI=1S/C15H18F4N2O/c16-13-11(4-1-5-12(13)15(17,18)19)14(22)21-8-6-10-3-2-7-20-9-10/h1,4-5,10,20H,2-3,6-9H2,(H,21,22). The Kier molecular flexibility index (Phi) is 5.39. The number of nitrogens with one attached hydrogen (secondary N) is 2. The first-order valence-electron chi connectivity index (χ1n) is 7.24. The molecule has 0 spiro atoms. The quantitative estimate of drug-likeness (QED) is 0.838. The fourth-order valence-electron chi connectivity index (χ4n) is 2.58. The summed E-state index contributed by atoms with van der Waals surface area (Å²) in [5, 5.41) is 5.73. The van der Waals surface area contributed by atoms with E-state index in [4.69, 9.17) is 0 Å². The Hall–Kier alpha value is -1.63. The smallest absolute Gasteiger partial charge is 0.352 e. The predicted octanol–water partition coefficient (Wildman–Crippen LogP) is 2.96. The van der Waals surface area contributed by atoms with Crippen molar-refractivity contribution >= 4 is 5.91 Å². The highest BCUT2D eigenvalue weighted by molar-refractivity contribution is 5.94. The number of halogens is 4. The van der Waals surface area contributed by atoms with Crippen LogP contribution in [0.2, 0.25) is 0 Å². The summed E-state index contributed by atoms with van der Waals surface area (Å²) in [7, 11) is 0. The van der Waals surface area contributed by atoms with E-state index in [2.05, 4.69) is 10.6 Å². The summed E-state index contributed by atoms with van der Waals surface area (Å²) in [6, 6.07) is 2.72. The van der Waals surface area contributed by atoms with Gasteiger partial charge in [-0.25, -0.2) is 4.39 Å². The SMILES string of the molecule is O=C(NCCC1CCCNC1)c1cccc(C(F)(F)F)c1F. The molecule has 1 unspecified atom stereocenters. The first-order valence-corrected chi connectivity index (χ1v) is 7.24. The molecule has 0 aliphatic carbocycles. The molecular formula is C15H18F4N2O. The average molecular weight is 318 g/mol. The van der Waals surface area contributed by atoms with Gasteiger partial charge >= 0.3 is 6.18 Å². The molecule has 1 aliphatic heterocycles. The Bertz CT molecular complexity index is 525. The topological polar surface area (TPSA) is 41.1 Å². The molecule has 22 heavy (non-hydrogen) atoms. The zero-order valence-electron chi connectivity index (χ0n) is 12.0. The maximum absolute atomic E-state index is 13.8. The number of carbonyl (C=O) groups excluding carboxylic acids is 1. The largest absolute Gasteiger partial charge is 0.419 e. The fraction of sp³-hybridized carbons (Fsp3) is 0.533. The number of piperidine rings is 1. The lowest BCUT2D eigenvalue weighted by molar-refractivity contribution is -0.140. The van der Waals surface area contributed by atoms with Gasteiger partial charge in [-0.2, -0.15) is 13.2 Å². The van der Waals surface area contributed by atoms with Crippen molar-refractivity contribution in [3.8, 4) is 0 Å². The van der Waals surface area contributed by atoms with E-state index >= 15 is 0 Å². The summed E-state index contributed by atoms with van der Waals surface area (Å²) in [5.74, 6) is -1.90. The van der Waals surface area contributed by atoms with Crippen LogP contribution in [-0.4, -0.2) is 25.5 Å². The van der Waals surface area contributed by atoms with E-state index in [9.17, 15) is 22.4 Å². The van der Waals surface area contributed by atoms with Gasteiger partial charge in [0.15, 0.2) is 0 Å². The van der Waals surface area contributed by atoms with Crippen LogP contribution in [0.5, 0.6) is 0 Å². The zero-order valence-corrected chi connectivity index (χ0v) is 12.0. The van der Waals surface area contributed by atoms with E-state index in [1.807, 2.05) is 0 Å². The zero-order chi connectivity index (χ0) is 16.2. The Balaban J connectivity index is 1.95. The van der Waals surface area contributed by atoms with Gasteiger partial charge in [0.05, 0.1) is 11.1 Å². The summed E-state index contributed by atoms with van der Waals surface area (Å²) < 4.78 is 51.6. The molecule has 1 fully saturated rings. The molecule has 0 radical (unpaired) electrons. The fourth-order valence-corrected chi connectivity index (χ4v) is 2.58. The average Bonchev–Trinajstić information content (AvgIpc) is 2.47. The van der Waals surface area contributed by atoms with Gasteiger partial charge in [-0.15, -0.1) is 0 Å². The number of hydrogen-bond acceptors (Lipinski definition) is 2. The van der Waals surface area contributed by atoms with Gasteiger partial charge in [0, 0.05) is 6.54 Å². The molecule has 0 aromatic heterocycles. The summed E-state index contributed by atoms with van der Waals surface area (Å²) in [6.07, 6.45) is -1.96. The van der Waals surface area contributed by atoms with Crippen molar-refractivity contribution in [3.05, 3.63) is 35.1 Å². The van der Waals surface area contributed by atoms with Crippen LogP contribution in [0.1, 0.15) is 35.2 Å². The lowest BCUT2D eigenvalue weighted by Crippen LogP contribution is -2.33. The van der Waals surface area contributed by atoms with E-state index < -0.39 is 29.0 Å². The highest BCUT2D eigenvalue weighted by Crippen LogP contribution is 2.32. The molecule has 0 saturated carbocycles. The van der Waals surface area contributed by atoms with Crippen LogP contribution < -0.4 is 10.6 Å². The third kappa shape index (κ3) is 4.19. The predicted molar refractivity (Wildman–Crippen MR) is 73.9 cm³/mol. The molecule has 1 saturated heterocycles. The van der Waals surface area contributed by atoms with Gasteiger partial charge in [-0.1, -0.05) is 6.07 Å². The van der Waals surface area contributed by atoms with Crippen LogP contribution in [0.3, 0.4) is 0 Å². The molecule has 1 atom stereocenters. The van der Waals surface area contributed by atoms with Crippen molar-refractivity contribution in [3.63, 3.8) is 0 Å². The van der Waals surface area contributed by atoms with E-state index in [0.717, 1.165) is 44.5 Å². The van der Waals surface area contributed by atoms with E-state index in [-0.39, 0.29) is 0 Å². The van der Waals surface area contributed by atoms with Gasteiger partial charge in [0.1, 0.15) is 5.82 Å². The van der Waals surface area contributed by atoms with Gasteiger partial charge in [-0.05, 0) is 50.4 Å². The molecule has 1 aromatic rings. The number of hydrogen-bond donors (Lipinski definition) is 2. The summed E-state index contributed by atoms with van der Waals surface area (Å²) >= 11 is 0. The Labute approximate surface area is 126 Å². The Morgan fingerprint density at radius 3 is 2.77 bits per heavy atom. The van der Waals surface area contributed by atoms with Crippen molar-refractivity contribution in [2.75, 3.05) is 19.6 Å². The van der Waals surface area contributed by atoms with Crippen molar-refractivity contribution in [2.24, 2.45) is 5.92 Å². The molecule has 1 amide bonds. The first kappa shape index (κ1) is 16.7. The molecule has 3 nitrogen and oxygen atoms in total. The van der Waals surface area contributed by atoms with Crippen molar-refractivity contribution < 1.29 is 22.4 Å². The Morgan fingerprint density at radius 1 is 1.36 bits per heavy atom. The van der Waals surface area contributed by atoms with E-state index in [0.29, 0.717) is 18.5 Å². The number of amides is 1. The van der Waals surface area contributed by atoms with E-state index in [1.54, 1.807) is 0 Å². The summed E-state index contributed by atoms with van der Waals surface area (Å²) in [5.41, 5.74) is -1.99. The molecule has 7 heteroatoms. The summed E-state index contributed by atoms with van der Waals surface area (Å²) in [4.78, 5) is 11.9. The number of alkyl halides is 3. The minimum Gasteiger partial charge on any atom is -0.352 e. The third-order valence-electron chi connectivity index (χ3n) is 3.79. The highest BCUT2D eigenvalue weighted by Gasteiger charge is 2.35. The normalized spacial score (nSPS) is 19.0. The van der Waals surface area contributed by atoms with Crippen LogP contribution in [0, 0.1) is 11.7 Å². The molecular weight excluding hydrogens is 300 g/mol. The van der Waals surface area contributed by atoms with E-state index in [1.165, 1.54) is 0 Å². The highest BCUT2D eigenvalue weighted by atomic mass is 19.4. The number of benzene rings is 1. The molecule has 122 valence electrons. The van der Waals surface area contributed by atoms with Gasteiger partial charge in [0.25, 0.3) is 5.91 Å². The maximum atomic E-state index is 13.8. The summed E-state index contributed by atoms with van der Waals surface area (Å²) in [6.45, 7) is 2.17. The van der Waals surface area contributed by atoms with Crippen LogP contribution in [-0.2, 0) is 6.18 Å². The molecule has 0 bridgehead atoms. The lowest BCUT2D eigenvalue weighted by Gasteiger charge is -2.22. The van der Waals surface area contributed by atoms with Gasteiger partial charge in [0.2, 0.25) is 0 Å². The van der Waals surface area contributed by atoms with Crippen LogP contribution in [0.15, 0.2) is 18.2 Å². The van der Waals surface area contributed by atoms with Crippen molar-refractivity contribution in [1.82, 2.24) is 10.6 Å². The second-order valence-electron chi connectivity index (χ2n) is 5.42. The van der Waals surface area contributed by atoms with Crippen LogP contribution >= 0.6 is 0 Å². The molecule has 1 aromatic carbocycles. The second-order valence-corrected chi connectivity index (χ2v) is 5.42. The van der Waals surface area contributed by atoms with Crippen LogP contribution in [0.25, 0.3) is 0 Å². The van der Waals surface area contributed by atoms with Crippen LogP contribution in [0.4, 0.5) is 17.6 Å². The molecule has 2 N–H and O–H groups in total.